The second kappa shape index (κ2) is 8.19. The van der Waals surface area contributed by atoms with Gasteiger partial charge in [0.15, 0.2) is 10.6 Å². The van der Waals surface area contributed by atoms with Gasteiger partial charge in [-0.25, -0.2) is 4.99 Å². The average molecular weight is 387 g/mol. The van der Waals surface area contributed by atoms with E-state index in [2.05, 4.69) is 11.9 Å². The minimum atomic E-state index is 0.0641. The van der Waals surface area contributed by atoms with Crippen molar-refractivity contribution in [3.05, 3.63) is 45.2 Å². The van der Waals surface area contributed by atoms with Crippen molar-refractivity contribution >= 4 is 28.7 Å². The molecule has 0 atom stereocenters. The summed E-state index contributed by atoms with van der Waals surface area (Å²) in [5.74, 6) is 0.137. The lowest BCUT2D eigenvalue weighted by molar-refractivity contribution is 0.0664. The zero-order valence-corrected chi connectivity index (χ0v) is 17.2. The molecular weight excluding hydrogens is 360 g/mol. The van der Waals surface area contributed by atoms with Crippen LogP contribution in [0, 0.1) is 6.92 Å². The number of rotatable bonds is 4. The molecule has 0 saturated carbocycles. The van der Waals surface area contributed by atoms with Crippen molar-refractivity contribution in [2.45, 2.75) is 27.3 Å². The van der Waals surface area contributed by atoms with E-state index in [0.29, 0.717) is 5.56 Å². The lowest BCUT2D eigenvalue weighted by atomic mass is 10.1. The molecule has 1 amide bonds. The predicted octanol–water partition coefficient (Wildman–Crippen LogP) is 2.70. The van der Waals surface area contributed by atoms with Gasteiger partial charge >= 0.3 is 0 Å². The molecule has 144 valence electrons. The molecule has 0 unspecified atom stereocenters. The Morgan fingerprint density at radius 2 is 1.74 bits per heavy atom. The zero-order chi connectivity index (χ0) is 19.6. The number of piperazine rings is 1. The van der Waals surface area contributed by atoms with Crippen LogP contribution in [0.5, 0.6) is 0 Å². The summed E-state index contributed by atoms with van der Waals surface area (Å²) < 4.78 is 2.05. The quantitative estimate of drug-likeness (QED) is 0.759. The Labute approximate surface area is 163 Å². The van der Waals surface area contributed by atoms with Crippen molar-refractivity contribution < 1.29 is 9.59 Å². The topological polar surface area (TPSA) is 57.9 Å². The van der Waals surface area contributed by atoms with Gasteiger partial charge in [-0.1, -0.05) is 11.3 Å². The summed E-state index contributed by atoms with van der Waals surface area (Å²) in [6.45, 7) is 9.68. The van der Waals surface area contributed by atoms with Crippen LogP contribution in [-0.2, 0) is 6.54 Å². The lowest BCUT2D eigenvalue weighted by Crippen LogP contribution is -2.47. The molecule has 2 heterocycles. The molecule has 1 aromatic heterocycles. The summed E-state index contributed by atoms with van der Waals surface area (Å²) in [5.41, 5.74) is 2.42. The predicted molar refractivity (Wildman–Crippen MR) is 108 cm³/mol. The monoisotopic (exact) mass is 386 g/mol. The van der Waals surface area contributed by atoms with Gasteiger partial charge in [-0.05, 0) is 45.2 Å². The number of Topliss-reactive ketones (excluding diaryl/α,β-unsaturated/α-hetero) is 1. The van der Waals surface area contributed by atoms with E-state index < -0.39 is 0 Å². The van der Waals surface area contributed by atoms with Gasteiger partial charge in [0, 0.05) is 50.9 Å². The zero-order valence-electron chi connectivity index (χ0n) is 16.4. The van der Waals surface area contributed by atoms with E-state index in [1.807, 2.05) is 47.6 Å². The van der Waals surface area contributed by atoms with Crippen LogP contribution in [0.15, 0.2) is 29.3 Å². The number of hydrogen-bond acceptors (Lipinski definition) is 5. The number of likely N-dealkylation sites (N-methyl/N-ethyl adjacent to an activating group) is 1. The fraction of sp³-hybridized carbons (Fsp3) is 0.450. The van der Waals surface area contributed by atoms with Crippen LogP contribution in [0.3, 0.4) is 0 Å². The maximum atomic E-state index is 12.6. The SMILES string of the molecule is CCn1c(C)c(C(C)=O)s/c1=N\c1ccc(C(=O)N2CCN(C)CC2)cc1. The molecule has 0 aliphatic carbocycles. The molecule has 2 aromatic rings. The van der Waals surface area contributed by atoms with E-state index in [1.165, 1.54) is 11.3 Å². The third-order valence-electron chi connectivity index (χ3n) is 4.92. The van der Waals surface area contributed by atoms with E-state index in [9.17, 15) is 9.59 Å². The number of carbonyl (C=O) groups excluding carboxylic acids is 2. The van der Waals surface area contributed by atoms with Crippen molar-refractivity contribution in [2.24, 2.45) is 4.99 Å². The third-order valence-corrected chi connectivity index (χ3v) is 6.20. The number of benzene rings is 1. The lowest BCUT2D eigenvalue weighted by Gasteiger charge is -2.32. The van der Waals surface area contributed by atoms with Crippen molar-refractivity contribution in [3.63, 3.8) is 0 Å². The highest BCUT2D eigenvalue weighted by molar-refractivity contribution is 7.11. The Bertz CT molecular complexity index is 903. The maximum Gasteiger partial charge on any atom is 0.253 e. The van der Waals surface area contributed by atoms with Gasteiger partial charge < -0.3 is 14.4 Å². The number of amides is 1. The van der Waals surface area contributed by atoms with Crippen LogP contribution in [0.1, 0.15) is 39.6 Å². The summed E-state index contributed by atoms with van der Waals surface area (Å²) in [6.07, 6.45) is 0. The standard InChI is InChI=1S/C20H26N4O2S/c1-5-24-14(2)18(15(3)25)27-20(24)21-17-8-6-16(7-9-17)19(26)23-12-10-22(4)11-13-23/h6-9H,5,10-13H2,1-4H3/b21-20-. The summed E-state index contributed by atoms with van der Waals surface area (Å²) in [4.78, 5) is 34.8. The molecular formula is C20H26N4O2S. The van der Waals surface area contributed by atoms with Crippen LogP contribution >= 0.6 is 11.3 Å². The second-order valence-electron chi connectivity index (χ2n) is 6.85. The van der Waals surface area contributed by atoms with Gasteiger partial charge in [0.1, 0.15) is 0 Å². The van der Waals surface area contributed by atoms with Crippen LogP contribution in [0.25, 0.3) is 0 Å². The van der Waals surface area contributed by atoms with Crippen LogP contribution in [-0.4, -0.2) is 59.3 Å². The summed E-state index contributed by atoms with van der Waals surface area (Å²) >= 11 is 1.41. The number of nitrogens with zero attached hydrogens (tertiary/aromatic N) is 4. The van der Waals surface area contributed by atoms with Gasteiger partial charge in [0.2, 0.25) is 0 Å². The molecule has 0 radical (unpaired) electrons. The fourth-order valence-electron chi connectivity index (χ4n) is 3.25. The van der Waals surface area contributed by atoms with Crippen LogP contribution in [0.4, 0.5) is 5.69 Å². The molecule has 0 bridgehead atoms. The highest BCUT2D eigenvalue weighted by Crippen LogP contribution is 2.17. The molecule has 1 aliphatic rings. The second-order valence-corrected chi connectivity index (χ2v) is 7.83. The van der Waals surface area contributed by atoms with Crippen LogP contribution < -0.4 is 4.80 Å². The van der Waals surface area contributed by atoms with Crippen molar-refractivity contribution in [1.29, 1.82) is 0 Å². The molecule has 1 aromatic carbocycles. The fourth-order valence-corrected chi connectivity index (χ4v) is 4.36. The summed E-state index contributed by atoms with van der Waals surface area (Å²) in [5, 5.41) is 0. The molecule has 1 aliphatic heterocycles. The highest BCUT2D eigenvalue weighted by Gasteiger charge is 2.20. The molecule has 0 N–H and O–H groups in total. The van der Waals surface area contributed by atoms with Crippen molar-refractivity contribution in [3.8, 4) is 0 Å². The molecule has 27 heavy (non-hydrogen) atoms. The van der Waals surface area contributed by atoms with E-state index >= 15 is 0 Å². The van der Waals surface area contributed by atoms with E-state index in [1.54, 1.807) is 6.92 Å². The first-order valence-corrected chi connectivity index (χ1v) is 10.1. The van der Waals surface area contributed by atoms with Crippen LogP contribution in [0.2, 0.25) is 0 Å². The molecule has 7 heteroatoms. The Morgan fingerprint density at radius 3 is 2.30 bits per heavy atom. The number of ketones is 1. The van der Waals surface area contributed by atoms with E-state index in [0.717, 1.165) is 53.8 Å². The number of thiazole rings is 1. The number of hydrogen-bond donors (Lipinski definition) is 0. The molecule has 0 spiro atoms. The normalized spacial score (nSPS) is 16.0. The molecule has 3 rings (SSSR count). The van der Waals surface area contributed by atoms with Gasteiger partial charge in [-0.15, -0.1) is 0 Å². The highest BCUT2D eigenvalue weighted by atomic mass is 32.1. The van der Waals surface area contributed by atoms with Gasteiger partial charge in [-0.3, -0.25) is 9.59 Å². The van der Waals surface area contributed by atoms with Gasteiger partial charge in [0.25, 0.3) is 5.91 Å². The first-order valence-electron chi connectivity index (χ1n) is 9.24. The average Bonchev–Trinajstić information content (AvgIpc) is 2.98. The number of carbonyl (C=O) groups is 2. The third kappa shape index (κ3) is 4.20. The van der Waals surface area contributed by atoms with E-state index in [-0.39, 0.29) is 11.7 Å². The molecule has 6 nitrogen and oxygen atoms in total. The first-order chi connectivity index (χ1) is 12.9. The minimum Gasteiger partial charge on any atom is -0.336 e. The largest absolute Gasteiger partial charge is 0.336 e. The summed E-state index contributed by atoms with van der Waals surface area (Å²) in [7, 11) is 2.07. The molecule has 1 fully saturated rings. The summed E-state index contributed by atoms with van der Waals surface area (Å²) in [6, 6.07) is 7.40. The Hall–Kier alpha value is -2.25. The molecule has 1 saturated heterocycles. The smallest absolute Gasteiger partial charge is 0.253 e. The maximum absolute atomic E-state index is 12.6. The Morgan fingerprint density at radius 1 is 1.11 bits per heavy atom. The Kier molecular flexibility index (Phi) is 5.92. The minimum absolute atomic E-state index is 0.0641. The Balaban J connectivity index is 1.84. The van der Waals surface area contributed by atoms with Gasteiger partial charge in [-0.2, -0.15) is 0 Å². The van der Waals surface area contributed by atoms with Crippen molar-refractivity contribution in [2.75, 3.05) is 33.2 Å². The first kappa shape index (κ1) is 19.5. The van der Waals surface area contributed by atoms with Crippen molar-refractivity contribution in [1.82, 2.24) is 14.4 Å². The number of aromatic nitrogens is 1. The van der Waals surface area contributed by atoms with E-state index in [4.69, 9.17) is 4.99 Å². The van der Waals surface area contributed by atoms with Gasteiger partial charge in [0.05, 0.1) is 10.6 Å².